The summed E-state index contributed by atoms with van der Waals surface area (Å²) < 4.78 is 121. The van der Waals surface area contributed by atoms with E-state index >= 15 is 0 Å². The Bertz CT molecular complexity index is 3690. The van der Waals surface area contributed by atoms with Crippen molar-refractivity contribution in [2.24, 2.45) is 0 Å². The molecule has 0 saturated carbocycles. The molecule has 24 heteroatoms. The third-order valence-corrected chi connectivity index (χ3v) is 17.6. The lowest BCUT2D eigenvalue weighted by Crippen LogP contribution is -2.28. The van der Waals surface area contributed by atoms with Crippen LogP contribution in [0.15, 0.2) is 182 Å². The maximum atomic E-state index is 13.4. The highest BCUT2D eigenvalue weighted by atomic mass is 35.5. The van der Waals surface area contributed by atoms with Gasteiger partial charge in [-0.25, -0.2) is 38.3 Å². The topological polar surface area (TPSA) is 254 Å². The summed E-state index contributed by atoms with van der Waals surface area (Å²) in [6.45, 7) is 6.48. The Morgan fingerprint density at radius 3 is 1.46 bits per heavy atom. The molecule has 1 aromatic heterocycles. The predicted octanol–water partition coefficient (Wildman–Crippen LogP) is 7.29. The van der Waals surface area contributed by atoms with E-state index in [0.29, 0.717) is 0 Å². The summed E-state index contributed by atoms with van der Waals surface area (Å²) in [4.78, 5) is 4.37. The van der Waals surface area contributed by atoms with Gasteiger partial charge in [0, 0.05) is 50.6 Å². The number of aromatic nitrogens is 2. The monoisotopic (exact) mass is 1100 g/mol. The number of hydrogen-bond acceptors (Lipinski definition) is 15. The number of rotatable bonds is 14. The van der Waals surface area contributed by atoms with E-state index in [-0.39, 0.29) is 65.8 Å². The predicted molar refractivity (Wildman–Crippen MR) is 291 cm³/mol. The number of halogens is 1. The molecule has 2 saturated heterocycles. The Morgan fingerprint density at radius 1 is 0.419 bits per heavy atom. The van der Waals surface area contributed by atoms with Gasteiger partial charge in [0.1, 0.15) is 10.4 Å². The van der Waals surface area contributed by atoms with Gasteiger partial charge in [-0.2, -0.15) is 0 Å². The number of anilines is 6. The number of hydrogen-bond donors (Lipinski definition) is 6. The van der Waals surface area contributed by atoms with Crippen molar-refractivity contribution in [3.8, 4) is 0 Å². The molecule has 2 aliphatic rings. The zero-order chi connectivity index (χ0) is 51.1. The summed E-state index contributed by atoms with van der Waals surface area (Å²) in [5.41, 5.74) is 2.41. The van der Waals surface area contributed by atoms with Crippen LogP contribution in [0, 0.1) is 0 Å². The van der Waals surface area contributed by atoms with Crippen LogP contribution in [-0.2, 0) is 40.1 Å². The van der Waals surface area contributed by atoms with Gasteiger partial charge >= 0.3 is 0 Å². The smallest absolute Gasteiger partial charge is 0.264 e. The van der Waals surface area contributed by atoms with Crippen LogP contribution in [0.25, 0.3) is 21.8 Å². The van der Waals surface area contributed by atoms with Gasteiger partial charge in [-0.1, -0.05) is 72.8 Å². The van der Waals surface area contributed by atoms with Crippen molar-refractivity contribution in [1.82, 2.24) is 20.9 Å². The second-order valence-electron chi connectivity index (χ2n) is 17.1. The van der Waals surface area contributed by atoms with E-state index in [4.69, 9.17) is 0 Å². The van der Waals surface area contributed by atoms with Crippen molar-refractivity contribution >= 4 is 108 Å². The number of fused-ring (bicyclic) bond motifs is 2. The number of nitrogens with one attached hydrogen (secondary N) is 6. The van der Waals surface area contributed by atoms with Crippen LogP contribution in [0.2, 0.25) is 0 Å². The molecule has 2 aliphatic heterocycles. The average molecular weight is 1100 g/mol. The van der Waals surface area contributed by atoms with Crippen LogP contribution in [0.3, 0.4) is 0 Å². The molecule has 388 valence electrons. The fraction of sp³-hybridized carbons (Fsp3) is 0.200. The molecule has 7 aromatic carbocycles. The van der Waals surface area contributed by atoms with E-state index in [2.05, 4.69) is 54.3 Å². The van der Waals surface area contributed by atoms with Crippen LogP contribution in [0.1, 0.15) is 12.8 Å². The standard InChI is InChI=1S/C27H28N4O4S2.C23H24N6O5S2.ClH/c32-36(33,24-9-2-1-3-10-24)30-27-20-23(31-17-6-15-28-16-18-31)12-14-26(27)29-37(34,35)25-13-11-21-7-4-5-8-22(21)19-25;30-35(31,18-6-2-1-3-7-18)28-21-16-17(29-14-5-12-24-13-15-29)10-11-19(21)27-36(32,33)22-9-4-8-20-23(22)26-34-25-20;/h1-5,7-14,19-20,28-30H,6,15-18H2;1-4,6-11,16,24,27-28H,5,12-15H2;1H. The quantitative estimate of drug-likeness (QED) is 0.0625. The van der Waals surface area contributed by atoms with E-state index < -0.39 is 40.1 Å². The Labute approximate surface area is 436 Å². The minimum Gasteiger partial charge on any atom is -0.370 e. The molecule has 74 heavy (non-hydrogen) atoms. The van der Waals surface area contributed by atoms with Crippen LogP contribution >= 0.6 is 12.4 Å². The molecule has 0 aliphatic carbocycles. The van der Waals surface area contributed by atoms with Crippen molar-refractivity contribution in [3.63, 3.8) is 0 Å². The SMILES string of the molecule is Cl.O=S(=O)(Nc1cc(N2CCCNCC2)ccc1NS(=O)(=O)c1cccc2nonc12)c1ccccc1.O=S(=O)(Nc1ccc(N2CCCNCC2)cc1NS(=O)(=O)c1ccccc1)c1ccc2ccccc2c1. The normalized spacial score (nSPS) is 14.6. The zero-order valence-corrected chi connectivity index (χ0v) is 43.7. The lowest BCUT2D eigenvalue weighted by Gasteiger charge is -2.24. The Balaban J connectivity index is 0.000000194. The summed E-state index contributed by atoms with van der Waals surface area (Å²) in [7, 11) is -16.1. The van der Waals surface area contributed by atoms with Crippen molar-refractivity contribution in [1.29, 1.82) is 0 Å². The van der Waals surface area contributed by atoms with E-state index in [1.54, 1.807) is 84.9 Å². The van der Waals surface area contributed by atoms with Gasteiger partial charge < -0.3 is 20.4 Å². The molecule has 0 atom stereocenters. The summed E-state index contributed by atoms with van der Waals surface area (Å²) in [6.07, 6.45) is 1.87. The minimum absolute atomic E-state index is 0. The fourth-order valence-corrected chi connectivity index (χ4v) is 12.9. The fourth-order valence-electron chi connectivity index (χ4n) is 8.36. The second kappa shape index (κ2) is 23.1. The third-order valence-electron chi connectivity index (χ3n) is 12.1. The number of nitrogens with zero attached hydrogens (tertiary/aromatic N) is 4. The Morgan fingerprint density at radius 2 is 0.905 bits per heavy atom. The molecule has 2 fully saturated rings. The largest absolute Gasteiger partial charge is 0.370 e. The van der Waals surface area contributed by atoms with Crippen molar-refractivity contribution in [2.45, 2.75) is 32.4 Å². The van der Waals surface area contributed by atoms with Gasteiger partial charge in [-0.15, -0.1) is 12.4 Å². The highest BCUT2D eigenvalue weighted by Crippen LogP contribution is 2.35. The van der Waals surface area contributed by atoms with Gasteiger partial charge in [0.25, 0.3) is 40.1 Å². The molecule has 10 rings (SSSR count). The number of sulfonamides is 4. The van der Waals surface area contributed by atoms with Crippen molar-refractivity contribution < 1.29 is 38.3 Å². The van der Waals surface area contributed by atoms with Crippen molar-refractivity contribution in [2.75, 3.05) is 81.0 Å². The van der Waals surface area contributed by atoms with Gasteiger partial charge in [0.2, 0.25) is 0 Å². The lowest BCUT2D eigenvalue weighted by atomic mass is 10.1. The van der Waals surface area contributed by atoms with Crippen LogP contribution in [0.5, 0.6) is 0 Å². The van der Waals surface area contributed by atoms with Gasteiger partial charge in [-0.05, 0) is 132 Å². The van der Waals surface area contributed by atoms with Crippen LogP contribution < -0.4 is 39.3 Å². The molecule has 3 heterocycles. The van der Waals surface area contributed by atoms with E-state index in [0.717, 1.165) is 87.3 Å². The lowest BCUT2D eigenvalue weighted by molar-refractivity contribution is 0.315. The minimum atomic E-state index is -4.17. The van der Waals surface area contributed by atoms with Crippen LogP contribution in [-0.4, -0.2) is 96.3 Å². The molecule has 19 nitrogen and oxygen atoms in total. The first-order valence-corrected chi connectivity index (χ1v) is 29.2. The summed E-state index contributed by atoms with van der Waals surface area (Å²) in [5, 5.41) is 15.8. The van der Waals surface area contributed by atoms with Crippen LogP contribution in [0.4, 0.5) is 34.1 Å². The highest BCUT2D eigenvalue weighted by Gasteiger charge is 2.26. The maximum absolute atomic E-state index is 13.4. The molecule has 8 aromatic rings. The summed E-state index contributed by atoms with van der Waals surface area (Å²) in [5.74, 6) is 0. The number of benzene rings is 7. The summed E-state index contributed by atoms with van der Waals surface area (Å²) in [6, 6.07) is 42.8. The Kier molecular flexibility index (Phi) is 16.6. The Hall–Kier alpha value is -6.99. The first-order chi connectivity index (χ1) is 35.1. The third kappa shape index (κ3) is 12.7. The highest BCUT2D eigenvalue weighted by molar-refractivity contribution is 7.94. The molecule has 0 radical (unpaired) electrons. The molecule has 0 spiro atoms. The average Bonchev–Trinajstić information content (AvgIpc) is 3.52. The van der Waals surface area contributed by atoms with Gasteiger partial charge in [0.15, 0.2) is 5.52 Å². The van der Waals surface area contributed by atoms with E-state index in [1.165, 1.54) is 42.5 Å². The zero-order valence-electron chi connectivity index (χ0n) is 39.6. The molecule has 6 N–H and O–H groups in total. The molecule has 0 unspecified atom stereocenters. The first kappa shape index (κ1) is 53.3. The van der Waals surface area contributed by atoms with E-state index in [1.807, 2.05) is 30.3 Å². The summed E-state index contributed by atoms with van der Waals surface area (Å²) >= 11 is 0. The first-order valence-electron chi connectivity index (χ1n) is 23.3. The van der Waals surface area contributed by atoms with E-state index in [9.17, 15) is 33.7 Å². The van der Waals surface area contributed by atoms with Gasteiger partial charge in [-0.3, -0.25) is 18.9 Å². The molecular formula is C50H53ClN10O9S4. The van der Waals surface area contributed by atoms with Gasteiger partial charge in [0.05, 0.1) is 37.4 Å². The second-order valence-corrected chi connectivity index (χ2v) is 23.8. The van der Waals surface area contributed by atoms with Crippen molar-refractivity contribution in [3.05, 3.63) is 158 Å². The maximum Gasteiger partial charge on any atom is 0.264 e. The molecular weight excluding hydrogens is 1050 g/mol. The molecule has 0 bridgehead atoms. The molecule has 0 amide bonds.